The van der Waals surface area contributed by atoms with Crippen LogP contribution < -0.4 is 5.32 Å². The van der Waals surface area contributed by atoms with E-state index in [0.717, 1.165) is 24.6 Å². The van der Waals surface area contributed by atoms with Gasteiger partial charge in [-0.3, -0.25) is 14.9 Å². The van der Waals surface area contributed by atoms with Gasteiger partial charge in [0.15, 0.2) is 0 Å². The van der Waals surface area contributed by atoms with Gasteiger partial charge in [0.2, 0.25) is 5.91 Å². The number of thioether (sulfide) groups is 1. The van der Waals surface area contributed by atoms with Crippen molar-refractivity contribution in [3.63, 3.8) is 0 Å². The van der Waals surface area contributed by atoms with Gasteiger partial charge in [0.25, 0.3) is 5.91 Å². The number of rotatable bonds is 4. The molecule has 24 heavy (non-hydrogen) atoms. The van der Waals surface area contributed by atoms with E-state index in [1.807, 2.05) is 13.0 Å². The Hall–Kier alpha value is -1.77. The van der Waals surface area contributed by atoms with E-state index in [1.54, 1.807) is 35.6 Å². The minimum atomic E-state index is -0.410. The fraction of sp³-hybridized carbons (Fsp3) is 0.125. The van der Waals surface area contributed by atoms with Gasteiger partial charge in [0.1, 0.15) is 16.2 Å². The van der Waals surface area contributed by atoms with E-state index < -0.39 is 5.91 Å². The molecule has 122 valence electrons. The number of thiophene rings is 1. The standard InChI is InChI=1S/C16H12BrN3O2S2/c1-9-6-12-15(18-8-19-16(12)24-9)23-7-13(21)20-14(22)10-2-4-11(17)5-3-10/h2-6,8H,7H2,1H3,(H,20,21,22). The first-order chi connectivity index (χ1) is 11.5. The minimum Gasteiger partial charge on any atom is -0.292 e. The third kappa shape index (κ3) is 4.00. The SMILES string of the molecule is Cc1cc2c(SCC(=O)NC(=O)c3ccc(Br)cc3)ncnc2s1. The number of nitrogens with zero attached hydrogens (tertiary/aromatic N) is 2. The lowest BCUT2D eigenvalue weighted by atomic mass is 10.2. The van der Waals surface area contributed by atoms with Gasteiger partial charge in [-0.1, -0.05) is 27.7 Å². The highest BCUT2D eigenvalue weighted by Gasteiger charge is 2.13. The zero-order valence-corrected chi connectivity index (χ0v) is 15.8. The van der Waals surface area contributed by atoms with Gasteiger partial charge in [0.05, 0.1) is 5.75 Å². The second-order valence-electron chi connectivity index (χ2n) is 4.93. The number of imide groups is 1. The summed E-state index contributed by atoms with van der Waals surface area (Å²) in [5.41, 5.74) is 0.439. The number of halogens is 1. The number of carbonyl (C=O) groups is 2. The number of hydrogen-bond donors (Lipinski definition) is 1. The first kappa shape index (κ1) is 17.1. The van der Waals surface area contributed by atoms with Crippen LogP contribution in [0.4, 0.5) is 0 Å². The highest BCUT2D eigenvalue weighted by Crippen LogP contribution is 2.30. The van der Waals surface area contributed by atoms with Crippen molar-refractivity contribution in [1.82, 2.24) is 15.3 Å². The molecule has 1 N–H and O–H groups in total. The molecule has 1 aromatic carbocycles. The monoisotopic (exact) mass is 421 g/mol. The molecule has 3 rings (SSSR count). The van der Waals surface area contributed by atoms with Gasteiger partial charge in [0, 0.05) is 20.3 Å². The van der Waals surface area contributed by atoms with E-state index >= 15 is 0 Å². The fourth-order valence-electron chi connectivity index (χ4n) is 2.04. The molecule has 0 aliphatic rings. The summed E-state index contributed by atoms with van der Waals surface area (Å²) >= 11 is 6.19. The smallest absolute Gasteiger partial charge is 0.257 e. The van der Waals surface area contributed by atoms with Gasteiger partial charge < -0.3 is 0 Å². The molecule has 0 radical (unpaired) electrons. The Bertz CT molecular complexity index is 909. The molecule has 0 bridgehead atoms. The van der Waals surface area contributed by atoms with Crippen molar-refractivity contribution in [3.05, 3.63) is 51.6 Å². The topological polar surface area (TPSA) is 72.0 Å². The largest absolute Gasteiger partial charge is 0.292 e. The summed E-state index contributed by atoms with van der Waals surface area (Å²) in [6, 6.07) is 8.83. The molecule has 3 aromatic rings. The van der Waals surface area contributed by atoms with Crippen molar-refractivity contribution in [2.45, 2.75) is 11.9 Å². The Labute approximate surface area is 155 Å². The second kappa shape index (κ2) is 7.42. The maximum atomic E-state index is 12.0. The number of amides is 2. The van der Waals surface area contributed by atoms with Gasteiger partial charge in [-0.2, -0.15) is 0 Å². The van der Waals surface area contributed by atoms with Crippen LogP contribution in [-0.4, -0.2) is 27.5 Å². The number of nitrogens with one attached hydrogen (secondary N) is 1. The lowest BCUT2D eigenvalue weighted by Crippen LogP contribution is -2.31. The molecule has 2 heterocycles. The zero-order chi connectivity index (χ0) is 17.1. The Kier molecular flexibility index (Phi) is 5.27. The van der Waals surface area contributed by atoms with E-state index in [4.69, 9.17) is 0 Å². The molecular weight excluding hydrogens is 410 g/mol. The van der Waals surface area contributed by atoms with Crippen LogP contribution >= 0.6 is 39.0 Å². The average Bonchev–Trinajstić information content (AvgIpc) is 2.94. The number of aryl methyl sites for hydroxylation is 1. The summed E-state index contributed by atoms with van der Waals surface area (Å²) in [5.74, 6) is -0.651. The quantitative estimate of drug-likeness (QED) is 0.512. The first-order valence-electron chi connectivity index (χ1n) is 6.96. The van der Waals surface area contributed by atoms with Crippen LogP contribution in [0, 0.1) is 6.92 Å². The van der Waals surface area contributed by atoms with E-state index in [-0.39, 0.29) is 11.7 Å². The summed E-state index contributed by atoms with van der Waals surface area (Å²) in [7, 11) is 0. The lowest BCUT2D eigenvalue weighted by molar-refractivity contribution is -0.117. The summed E-state index contributed by atoms with van der Waals surface area (Å²) in [4.78, 5) is 34.5. The molecule has 8 heteroatoms. The van der Waals surface area contributed by atoms with E-state index in [2.05, 4.69) is 31.2 Å². The maximum absolute atomic E-state index is 12.0. The molecule has 0 spiro atoms. The molecule has 0 saturated carbocycles. The summed E-state index contributed by atoms with van der Waals surface area (Å²) in [6.45, 7) is 2.00. The van der Waals surface area contributed by atoms with Crippen molar-refractivity contribution in [2.24, 2.45) is 0 Å². The Morgan fingerprint density at radius 3 is 2.75 bits per heavy atom. The van der Waals surface area contributed by atoms with Crippen molar-refractivity contribution in [1.29, 1.82) is 0 Å². The number of fused-ring (bicyclic) bond motifs is 1. The number of benzene rings is 1. The highest BCUT2D eigenvalue weighted by atomic mass is 79.9. The summed E-state index contributed by atoms with van der Waals surface area (Å²) < 4.78 is 0.875. The lowest BCUT2D eigenvalue weighted by Gasteiger charge is -2.04. The molecule has 5 nitrogen and oxygen atoms in total. The summed E-state index contributed by atoms with van der Waals surface area (Å²) in [6.07, 6.45) is 1.49. The molecule has 0 aliphatic heterocycles. The highest BCUT2D eigenvalue weighted by molar-refractivity contribution is 9.10. The zero-order valence-electron chi connectivity index (χ0n) is 12.6. The minimum absolute atomic E-state index is 0.114. The van der Waals surface area contributed by atoms with Crippen LogP contribution in [0.1, 0.15) is 15.2 Å². The molecule has 0 aliphatic carbocycles. The van der Waals surface area contributed by atoms with Crippen LogP contribution in [0.2, 0.25) is 0 Å². The Balaban J connectivity index is 1.62. The van der Waals surface area contributed by atoms with Crippen molar-refractivity contribution in [3.8, 4) is 0 Å². The molecule has 2 amide bonds. The van der Waals surface area contributed by atoms with Crippen LogP contribution in [0.25, 0.3) is 10.2 Å². The summed E-state index contributed by atoms with van der Waals surface area (Å²) in [5, 5.41) is 4.07. The van der Waals surface area contributed by atoms with Gasteiger partial charge in [-0.15, -0.1) is 11.3 Å². The molecule has 0 atom stereocenters. The Morgan fingerprint density at radius 2 is 2.00 bits per heavy atom. The number of aromatic nitrogens is 2. The van der Waals surface area contributed by atoms with Crippen LogP contribution in [-0.2, 0) is 4.79 Å². The normalized spacial score (nSPS) is 10.8. The second-order valence-corrected chi connectivity index (χ2v) is 8.04. The van der Waals surface area contributed by atoms with Crippen molar-refractivity contribution >= 4 is 61.1 Å². The van der Waals surface area contributed by atoms with Gasteiger partial charge >= 0.3 is 0 Å². The van der Waals surface area contributed by atoms with Crippen molar-refractivity contribution < 1.29 is 9.59 Å². The van der Waals surface area contributed by atoms with E-state index in [0.29, 0.717) is 5.56 Å². The van der Waals surface area contributed by atoms with Crippen LogP contribution in [0.5, 0.6) is 0 Å². The molecule has 0 fully saturated rings. The first-order valence-corrected chi connectivity index (χ1v) is 9.56. The predicted octanol–water partition coefficient (Wildman–Crippen LogP) is 3.81. The van der Waals surface area contributed by atoms with Crippen LogP contribution in [0.15, 0.2) is 46.2 Å². The van der Waals surface area contributed by atoms with Crippen molar-refractivity contribution in [2.75, 3.05) is 5.75 Å². The van der Waals surface area contributed by atoms with E-state index in [9.17, 15) is 9.59 Å². The molecule has 2 aromatic heterocycles. The molecule has 0 saturated heterocycles. The van der Waals surface area contributed by atoms with Crippen LogP contribution in [0.3, 0.4) is 0 Å². The Morgan fingerprint density at radius 1 is 1.25 bits per heavy atom. The average molecular weight is 422 g/mol. The number of carbonyl (C=O) groups excluding carboxylic acids is 2. The maximum Gasteiger partial charge on any atom is 0.257 e. The third-order valence-electron chi connectivity index (χ3n) is 3.12. The molecular formula is C16H12BrN3O2S2. The molecule has 0 unspecified atom stereocenters. The van der Waals surface area contributed by atoms with Gasteiger partial charge in [-0.05, 0) is 37.3 Å². The van der Waals surface area contributed by atoms with E-state index in [1.165, 1.54) is 18.1 Å². The number of hydrogen-bond acceptors (Lipinski definition) is 6. The van der Waals surface area contributed by atoms with Gasteiger partial charge in [-0.25, -0.2) is 9.97 Å². The predicted molar refractivity (Wildman–Crippen MR) is 99.5 cm³/mol. The third-order valence-corrected chi connectivity index (χ3v) is 5.61. The fourth-order valence-corrected chi connectivity index (χ4v) is 3.99.